The van der Waals surface area contributed by atoms with Gasteiger partial charge in [-0.3, -0.25) is 0 Å². The lowest BCUT2D eigenvalue weighted by atomic mass is 9.99. The van der Waals surface area contributed by atoms with Gasteiger partial charge in [0, 0.05) is 19.3 Å². The number of piperidine rings is 1. The van der Waals surface area contributed by atoms with Crippen LogP contribution in [0.15, 0.2) is 42.6 Å². The lowest BCUT2D eigenvalue weighted by Crippen LogP contribution is -2.33. The molecule has 4 nitrogen and oxygen atoms in total. The second-order valence-corrected chi connectivity index (χ2v) is 6.18. The summed E-state index contributed by atoms with van der Waals surface area (Å²) in [6, 6.07) is 12.6. The second kappa shape index (κ2) is 6.77. The molecule has 2 heterocycles. The Hall–Kier alpha value is -2.10. The molecule has 0 amide bonds. The molecule has 116 valence electrons. The molecule has 1 unspecified atom stereocenters. The summed E-state index contributed by atoms with van der Waals surface area (Å²) in [7, 11) is 0. The Bertz CT molecular complexity index is 591. The van der Waals surface area contributed by atoms with Crippen LogP contribution in [-0.4, -0.2) is 23.1 Å². The van der Waals surface area contributed by atoms with E-state index in [-0.39, 0.29) is 6.04 Å². The summed E-state index contributed by atoms with van der Waals surface area (Å²) in [5.41, 5.74) is 1.24. The minimum absolute atomic E-state index is 0.192. The lowest BCUT2D eigenvalue weighted by molar-refractivity contribution is 0.436. The topological polar surface area (TPSA) is 41.1 Å². The van der Waals surface area contributed by atoms with Gasteiger partial charge >= 0.3 is 0 Å². The molecule has 2 aromatic rings. The van der Waals surface area contributed by atoms with Crippen LogP contribution in [0, 0.1) is 5.92 Å². The summed E-state index contributed by atoms with van der Waals surface area (Å²) in [6.45, 7) is 6.64. The van der Waals surface area contributed by atoms with Crippen molar-refractivity contribution in [1.29, 1.82) is 0 Å². The van der Waals surface area contributed by atoms with E-state index in [1.54, 1.807) is 0 Å². The Balaban J connectivity index is 1.69. The molecular weight excluding hydrogens is 272 g/mol. The zero-order chi connectivity index (χ0) is 15.4. The van der Waals surface area contributed by atoms with Crippen LogP contribution in [0.2, 0.25) is 0 Å². The summed E-state index contributed by atoms with van der Waals surface area (Å²) < 4.78 is 0. The summed E-state index contributed by atoms with van der Waals surface area (Å²) in [4.78, 5) is 11.4. The smallest absolute Gasteiger partial charge is 0.225 e. The van der Waals surface area contributed by atoms with E-state index in [4.69, 9.17) is 4.98 Å². The highest BCUT2D eigenvalue weighted by Gasteiger charge is 2.17. The van der Waals surface area contributed by atoms with E-state index in [2.05, 4.69) is 53.3 Å². The third kappa shape index (κ3) is 3.56. The van der Waals surface area contributed by atoms with Crippen LogP contribution in [0.3, 0.4) is 0 Å². The second-order valence-electron chi connectivity index (χ2n) is 6.18. The molecule has 1 saturated heterocycles. The van der Waals surface area contributed by atoms with Crippen LogP contribution >= 0.6 is 0 Å². The average molecular weight is 296 g/mol. The van der Waals surface area contributed by atoms with E-state index >= 15 is 0 Å². The SMILES string of the molecule is CC1CCN(c2ccnc(NC(C)c3ccccc3)n2)CC1. The Morgan fingerprint density at radius 1 is 1.14 bits per heavy atom. The first-order valence-electron chi connectivity index (χ1n) is 8.12. The highest BCUT2D eigenvalue weighted by atomic mass is 15.2. The fourth-order valence-corrected chi connectivity index (χ4v) is 2.85. The molecule has 4 heteroatoms. The predicted octanol–water partition coefficient (Wildman–Crippen LogP) is 3.89. The zero-order valence-electron chi connectivity index (χ0n) is 13.4. The summed E-state index contributed by atoms with van der Waals surface area (Å²) in [5, 5.41) is 3.40. The van der Waals surface area contributed by atoms with Gasteiger partial charge in [0.15, 0.2) is 0 Å². The number of benzene rings is 1. The van der Waals surface area contributed by atoms with Crippen molar-refractivity contribution in [3.8, 4) is 0 Å². The number of hydrogen-bond donors (Lipinski definition) is 1. The molecule has 0 spiro atoms. The van der Waals surface area contributed by atoms with Crippen molar-refractivity contribution in [2.45, 2.75) is 32.7 Å². The molecule has 1 aromatic heterocycles. The molecule has 22 heavy (non-hydrogen) atoms. The quantitative estimate of drug-likeness (QED) is 0.929. The summed E-state index contributed by atoms with van der Waals surface area (Å²) in [6.07, 6.45) is 4.33. The molecule has 0 radical (unpaired) electrons. The number of aromatic nitrogens is 2. The lowest BCUT2D eigenvalue weighted by Gasteiger charge is -2.31. The van der Waals surface area contributed by atoms with Crippen molar-refractivity contribution in [3.05, 3.63) is 48.2 Å². The van der Waals surface area contributed by atoms with Gasteiger partial charge in [0.25, 0.3) is 0 Å². The number of nitrogens with one attached hydrogen (secondary N) is 1. The predicted molar refractivity (Wildman–Crippen MR) is 91.1 cm³/mol. The van der Waals surface area contributed by atoms with Crippen LogP contribution in [-0.2, 0) is 0 Å². The van der Waals surface area contributed by atoms with E-state index in [0.717, 1.165) is 24.8 Å². The minimum Gasteiger partial charge on any atom is -0.356 e. The van der Waals surface area contributed by atoms with E-state index in [0.29, 0.717) is 5.95 Å². The van der Waals surface area contributed by atoms with Gasteiger partial charge in [0.2, 0.25) is 5.95 Å². The van der Waals surface area contributed by atoms with Crippen LogP contribution in [0.25, 0.3) is 0 Å². The number of rotatable bonds is 4. The zero-order valence-corrected chi connectivity index (χ0v) is 13.4. The average Bonchev–Trinajstić information content (AvgIpc) is 2.56. The Morgan fingerprint density at radius 2 is 1.86 bits per heavy atom. The molecule has 1 N–H and O–H groups in total. The molecule has 1 aliphatic heterocycles. The van der Waals surface area contributed by atoms with Gasteiger partial charge in [0.1, 0.15) is 5.82 Å². The van der Waals surface area contributed by atoms with Gasteiger partial charge in [0.05, 0.1) is 6.04 Å². The molecular formula is C18H24N4. The first-order chi connectivity index (χ1) is 10.7. The summed E-state index contributed by atoms with van der Waals surface area (Å²) in [5.74, 6) is 2.56. The molecule has 1 aliphatic rings. The molecule has 0 saturated carbocycles. The largest absolute Gasteiger partial charge is 0.356 e. The van der Waals surface area contributed by atoms with Gasteiger partial charge in [-0.1, -0.05) is 37.3 Å². The molecule has 1 atom stereocenters. The van der Waals surface area contributed by atoms with Gasteiger partial charge < -0.3 is 10.2 Å². The number of anilines is 2. The van der Waals surface area contributed by atoms with Crippen molar-refractivity contribution in [2.75, 3.05) is 23.3 Å². The minimum atomic E-state index is 0.192. The van der Waals surface area contributed by atoms with Crippen molar-refractivity contribution >= 4 is 11.8 Å². The molecule has 0 bridgehead atoms. The third-order valence-electron chi connectivity index (χ3n) is 4.39. The van der Waals surface area contributed by atoms with E-state index in [1.165, 1.54) is 18.4 Å². The fraction of sp³-hybridized carbons (Fsp3) is 0.444. The van der Waals surface area contributed by atoms with E-state index in [1.807, 2.05) is 18.3 Å². The molecule has 0 aliphatic carbocycles. The van der Waals surface area contributed by atoms with E-state index in [9.17, 15) is 0 Å². The van der Waals surface area contributed by atoms with Gasteiger partial charge in [-0.2, -0.15) is 4.98 Å². The van der Waals surface area contributed by atoms with Crippen LogP contribution in [0.4, 0.5) is 11.8 Å². The normalized spacial score (nSPS) is 17.3. The summed E-state index contributed by atoms with van der Waals surface area (Å²) >= 11 is 0. The first kappa shape index (κ1) is 14.8. The fourth-order valence-electron chi connectivity index (χ4n) is 2.85. The maximum absolute atomic E-state index is 4.69. The van der Waals surface area contributed by atoms with Crippen molar-refractivity contribution in [1.82, 2.24) is 9.97 Å². The van der Waals surface area contributed by atoms with Gasteiger partial charge in [-0.05, 0) is 37.3 Å². The molecule has 3 rings (SSSR count). The van der Waals surface area contributed by atoms with Gasteiger partial charge in [-0.25, -0.2) is 4.98 Å². The standard InChI is InChI=1S/C18H24N4/c1-14-9-12-22(13-10-14)17-8-11-19-18(21-17)20-15(2)16-6-4-3-5-7-16/h3-8,11,14-15H,9-10,12-13H2,1-2H3,(H,19,20,21). The Morgan fingerprint density at radius 3 is 2.59 bits per heavy atom. The number of hydrogen-bond acceptors (Lipinski definition) is 4. The van der Waals surface area contributed by atoms with Crippen molar-refractivity contribution < 1.29 is 0 Å². The van der Waals surface area contributed by atoms with Crippen LogP contribution < -0.4 is 10.2 Å². The Kier molecular flexibility index (Phi) is 4.56. The monoisotopic (exact) mass is 296 g/mol. The number of nitrogens with zero attached hydrogens (tertiary/aromatic N) is 3. The van der Waals surface area contributed by atoms with E-state index < -0.39 is 0 Å². The van der Waals surface area contributed by atoms with Crippen LogP contribution in [0.1, 0.15) is 38.3 Å². The Labute approximate surface area is 132 Å². The maximum atomic E-state index is 4.69. The third-order valence-corrected chi connectivity index (χ3v) is 4.39. The maximum Gasteiger partial charge on any atom is 0.225 e. The highest BCUT2D eigenvalue weighted by molar-refractivity contribution is 5.43. The van der Waals surface area contributed by atoms with Gasteiger partial charge in [-0.15, -0.1) is 0 Å². The van der Waals surface area contributed by atoms with Crippen molar-refractivity contribution in [3.63, 3.8) is 0 Å². The first-order valence-corrected chi connectivity index (χ1v) is 8.12. The van der Waals surface area contributed by atoms with Crippen molar-refractivity contribution in [2.24, 2.45) is 5.92 Å². The molecule has 1 aromatic carbocycles. The van der Waals surface area contributed by atoms with Crippen LogP contribution in [0.5, 0.6) is 0 Å². The molecule has 1 fully saturated rings. The highest BCUT2D eigenvalue weighted by Crippen LogP contribution is 2.23.